The SMILES string of the molecule is CC(C)CN(CC(CCc1ccccc1)C(=O)OCc1ccccc1)C(=O)N[C@@H](Cc1cccc2ccccc12)C(=O)O. The number of aliphatic carboxylic acids is 1. The molecule has 2 atom stereocenters. The molecule has 0 bridgehead atoms. The molecule has 0 spiro atoms. The van der Waals surface area contributed by atoms with Crippen LogP contribution in [0.15, 0.2) is 103 Å². The Balaban J connectivity index is 1.51. The number of carbonyl (C=O) groups excluding carboxylic acids is 2. The Kier molecular flexibility index (Phi) is 11.3. The van der Waals surface area contributed by atoms with Gasteiger partial charge in [0.25, 0.3) is 0 Å². The molecule has 7 heteroatoms. The topological polar surface area (TPSA) is 95.9 Å². The van der Waals surface area contributed by atoms with E-state index in [0.717, 1.165) is 27.5 Å². The molecule has 0 saturated carbocycles. The summed E-state index contributed by atoms with van der Waals surface area (Å²) in [7, 11) is 0. The van der Waals surface area contributed by atoms with Crippen molar-refractivity contribution in [3.8, 4) is 0 Å². The minimum absolute atomic E-state index is 0.0993. The van der Waals surface area contributed by atoms with Crippen molar-refractivity contribution in [3.05, 3.63) is 120 Å². The van der Waals surface area contributed by atoms with Crippen LogP contribution in [0.1, 0.15) is 37.0 Å². The van der Waals surface area contributed by atoms with Gasteiger partial charge in [-0.3, -0.25) is 4.79 Å². The van der Waals surface area contributed by atoms with E-state index >= 15 is 0 Å². The van der Waals surface area contributed by atoms with Gasteiger partial charge in [-0.05, 0) is 46.2 Å². The highest BCUT2D eigenvalue weighted by Gasteiger charge is 2.29. The Morgan fingerprint density at radius 1 is 0.791 bits per heavy atom. The standard InChI is InChI=1S/C36H40N2O5/c1-26(2)23-38(36(42)37-33(34(39)40)22-30-18-11-17-29-16-9-10-19-32(29)30)24-31(21-20-27-12-5-3-6-13-27)35(41)43-25-28-14-7-4-8-15-28/h3-19,26,31,33H,20-25H2,1-2H3,(H,37,42)(H,39,40)/t31?,33-/m0/s1. The molecule has 4 rings (SSSR count). The number of carboxylic acids is 1. The van der Waals surface area contributed by atoms with Crippen LogP contribution in [0.5, 0.6) is 0 Å². The van der Waals surface area contributed by atoms with E-state index in [4.69, 9.17) is 4.74 Å². The second-order valence-electron chi connectivity index (χ2n) is 11.3. The minimum atomic E-state index is -1.14. The number of rotatable bonds is 14. The number of esters is 1. The number of hydrogen-bond donors (Lipinski definition) is 2. The van der Waals surface area contributed by atoms with Crippen molar-refractivity contribution in [3.63, 3.8) is 0 Å². The molecule has 1 unspecified atom stereocenters. The summed E-state index contributed by atoms with van der Waals surface area (Å²) in [6, 6.07) is 31.2. The van der Waals surface area contributed by atoms with Gasteiger partial charge in [-0.2, -0.15) is 0 Å². The summed E-state index contributed by atoms with van der Waals surface area (Å²) < 4.78 is 5.71. The maximum atomic E-state index is 13.7. The molecule has 0 aromatic heterocycles. The fourth-order valence-electron chi connectivity index (χ4n) is 5.19. The number of hydrogen-bond acceptors (Lipinski definition) is 4. The van der Waals surface area contributed by atoms with E-state index in [1.165, 1.54) is 0 Å². The van der Waals surface area contributed by atoms with Crippen LogP contribution >= 0.6 is 0 Å². The lowest BCUT2D eigenvalue weighted by atomic mass is 9.98. The molecule has 0 aliphatic heterocycles. The summed E-state index contributed by atoms with van der Waals surface area (Å²) >= 11 is 0. The molecule has 0 heterocycles. The van der Waals surface area contributed by atoms with Crippen LogP contribution in [-0.4, -0.2) is 47.1 Å². The molecule has 0 radical (unpaired) electrons. The smallest absolute Gasteiger partial charge is 0.326 e. The van der Waals surface area contributed by atoms with Crippen LogP contribution in [0.3, 0.4) is 0 Å². The average molecular weight is 581 g/mol. The average Bonchev–Trinajstić information content (AvgIpc) is 3.01. The summed E-state index contributed by atoms with van der Waals surface area (Å²) in [6.45, 7) is 4.59. The summed E-state index contributed by atoms with van der Waals surface area (Å²) in [4.78, 5) is 40.9. The first kappa shape index (κ1) is 31.3. The van der Waals surface area contributed by atoms with Gasteiger partial charge in [0.05, 0.1) is 5.92 Å². The predicted octanol–water partition coefficient (Wildman–Crippen LogP) is 6.50. The highest BCUT2D eigenvalue weighted by Crippen LogP contribution is 2.21. The van der Waals surface area contributed by atoms with Crippen molar-refractivity contribution < 1.29 is 24.2 Å². The monoisotopic (exact) mass is 580 g/mol. The first-order chi connectivity index (χ1) is 20.8. The summed E-state index contributed by atoms with van der Waals surface area (Å²) in [5.74, 6) is -1.99. The molecule has 2 N–H and O–H groups in total. The van der Waals surface area contributed by atoms with Crippen molar-refractivity contribution >= 4 is 28.7 Å². The largest absolute Gasteiger partial charge is 0.480 e. The molecular formula is C36H40N2O5. The zero-order valence-electron chi connectivity index (χ0n) is 24.8. The normalized spacial score (nSPS) is 12.4. The number of nitrogens with one attached hydrogen (secondary N) is 1. The van der Waals surface area contributed by atoms with Crippen molar-refractivity contribution in [2.24, 2.45) is 11.8 Å². The third-order valence-electron chi connectivity index (χ3n) is 7.39. The maximum Gasteiger partial charge on any atom is 0.326 e. The van der Waals surface area contributed by atoms with Gasteiger partial charge in [-0.1, -0.05) is 117 Å². The van der Waals surface area contributed by atoms with Gasteiger partial charge in [0.1, 0.15) is 12.6 Å². The molecular weight excluding hydrogens is 540 g/mol. The van der Waals surface area contributed by atoms with Crippen LogP contribution in [-0.2, 0) is 33.8 Å². The van der Waals surface area contributed by atoms with Crippen molar-refractivity contribution in [1.82, 2.24) is 10.2 Å². The van der Waals surface area contributed by atoms with E-state index in [-0.39, 0.29) is 31.5 Å². The highest BCUT2D eigenvalue weighted by atomic mass is 16.5. The number of carbonyl (C=O) groups is 3. The number of ether oxygens (including phenoxy) is 1. The van der Waals surface area contributed by atoms with Crippen molar-refractivity contribution in [1.29, 1.82) is 0 Å². The van der Waals surface area contributed by atoms with Gasteiger partial charge < -0.3 is 20.1 Å². The Morgan fingerprint density at radius 2 is 1.42 bits per heavy atom. The number of carboxylic acid groups (broad SMARTS) is 1. The quantitative estimate of drug-likeness (QED) is 0.166. The summed E-state index contributed by atoms with van der Waals surface area (Å²) in [5.41, 5.74) is 2.81. The zero-order chi connectivity index (χ0) is 30.6. The number of nitrogens with zero attached hydrogens (tertiary/aromatic N) is 1. The molecule has 0 aliphatic carbocycles. The number of urea groups is 1. The van der Waals surface area contributed by atoms with E-state index in [0.29, 0.717) is 19.4 Å². The Labute approximate surface area is 253 Å². The third kappa shape index (κ3) is 9.43. The lowest BCUT2D eigenvalue weighted by Gasteiger charge is -2.30. The van der Waals surface area contributed by atoms with Gasteiger partial charge in [0, 0.05) is 19.5 Å². The Morgan fingerprint density at radius 3 is 2.09 bits per heavy atom. The summed E-state index contributed by atoms with van der Waals surface area (Å²) in [5, 5.41) is 14.8. The van der Waals surface area contributed by atoms with Gasteiger partial charge in [-0.15, -0.1) is 0 Å². The minimum Gasteiger partial charge on any atom is -0.480 e. The number of aryl methyl sites for hydroxylation is 1. The van der Waals surface area contributed by atoms with E-state index < -0.39 is 24.0 Å². The lowest BCUT2D eigenvalue weighted by Crippen LogP contribution is -2.51. The molecule has 43 heavy (non-hydrogen) atoms. The van der Waals surface area contributed by atoms with Gasteiger partial charge in [0.2, 0.25) is 0 Å². The molecule has 0 aliphatic rings. The van der Waals surface area contributed by atoms with Crippen LogP contribution in [0, 0.1) is 11.8 Å². The third-order valence-corrected chi connectivity index (χ3v) is 7.39. The molecule has 2 amide bonds. The molecule has 4 aromatic rings. The van der Waals surface area contributed by atoms with E-state index in [2.05, 4.69) is 5.32 Å². The van der Waals surface area contributed by atoms with E-state index in [9.17, 15) is 19.5 Å². The number of fused-ring (bicyclic) bond motifs is 1. The molecule has 4 aromatic carbocycles. The van der Waals surface area contributed by atoms with Gasteiger partial charge >= 0.3 is 18.0 Å². The Bertz CT molecular complexity index is 1480. The van der Waals surface area contributed by atoms with Crippen LogP contribution in [0.4, 0.5) is 4.79 Å². The molecule has 7 nitrogen and oxygen atoms in total. The van der Waals surface area contributed by atoms with Crippen LogP contribution in [0.25, 0.3) is 10.8 Å². The maximum absolute atomic E-state index is 13.7. The fourth-order valence-corrected chi connectivity index (χ4v) is 5.19. The van der Waals surface area contributed by atoms with Crippen molar-refractivity contribution in [2.45, 2.75) is 45.8 Å². The van der Waals surface area contributed by atoms with Crippen LogP contribution in [0.2, 0.25) is 0 Å². The van der Waals surface area contributed by atoms with Gasteiger partial charge in [0.15, 0.2) is 0 Å². The molecule has 224 valence electrons. The first-order valence-corrected chi connectivity index (χ1v) is 14.8. The number of amides is 2. The predicted molar refractivity (Wildman–Crippen MR) is 169 cm³/mol. The van der Waals surface area contributed by atoms with Crippen LogP contribution < -0.4 is 5.32 Å². The van der Waals surface area contributed by atoms with Gasteiger partial charge in [-0.25, -0.2) is 9.59 Å². The molecule has 0 fully saturated rings. The first-order valence-electron chi connectivity index (χ1n) is 14.8. The lowest BCUT2D eigenvalue weighted by molar-refractivity contribution is -0.150. The van der Waals surface area contributed by atoms with E-state index in [1.54, 1.807) is 4.90 Å². The second kappa shape index (κ2) is 15.5. The fraction of sp³-hybridized carbons (Fsp3) is 0.306. The molecule has 0 saturated heterocycles. The zero-order valence-corrected chi connectivity index (χ0v) is 24.8. The highest BCUT2D eigenvalue weighted by molar-refractivity contribution is 5.88. The van der Waals surface area contributed by atoms with E-state index in [1.807, 2.05) is 117 Å². The van der Waals surface area contributed by atoms with Crippen molar-refractivity contribution in [2.75, 3.05) is 13.1 Å². The second-order valence-corrected chi connectivity index (χ2v) is 11.3. The number of benzene rings is 4. The summed E-state index contributed by atoms with van der Waals surface area (Å²) in [6.07, 6.45) is 1.26. The Hall–Kier alpha value is -4.65.